The lowest BCUT2D eigenvalue weighted by Gasteiger charge is -2.26. The second-order valence-corrected chi connectivity index (χ2v) is 10.1. The molecule has 32 heavy (non-hydrogen) atoms. The van der Waals surface area contributed by atoms with E-state index in [1.807, 2.05) is 29.2 Å². The molecule has 4 rings (SSSR count). The van der Waals surface area contributed by atoms with E-state index in [9.17, 15) is 13.2 Å². The number of benzene rings is 2. The largest absolute Gasteiger partial charge is 0.497 e. The smallest absolute Gasteiger partial charge is 0.254 e. The Balaban J connectivity index is 1.61. The van der Waals surface area contributed by atoms with Crippen LogP contribution in [-0.4, -0.2) is 46.0 Å². The molecule has 1 saturated carbocycles. The Morgan fingerprint density at radius 2 is 1.69 bits per heavy atom. The van der Waals surface area contributed by atoms with E-state index in [0.29, 0.717) is 12.1 Å². The summed E-state index contributed by atoms with van der Waals surface area (Å²) in [5, 5.41) is 0. The Hall–Kier alpha value is -2.58. The van der Waals surface area contributed by atoms with Gasteiger partial charge in [0.05, 0.1) is 20.3 Å². The molecule has 2 aromatic carbocycles. The number of methoxy groups -OCH3 is 2. The third-order valence-corrected chi connectivity index (χ3v) is 7.93. The molecule has 1 atom stereocenters. The van der Waals surface area contributed by atoms with Gasteiger partial charge in [-0.2, -0.15) is 0 Å². The van der Waals surface area contributed by atoms with E-state index < -0.39 is 10.0 Å². The Kier molecular flexibility index (Phi) is 6.71. The molecule has 0 aromatic heterocycles. The van der Waals surface area contributed by atoms with Gasteiger partial charge in [0.15, 0.2) is 0 Å². The lowest BCUT2D eigenvalue weighted by molar-refractivity contribution is 0.0735. The van der Waals surface area contributed by atoms with Crippen molar-refractivity contribution in [3.8, 4) is 11.5 Å². The zero-order chi connectivity index (χ0) is 22.7. The number of hydrogen-bond donors (Lipinski definition) is 1. The fourth-order valence-corrected chi connectivity index (χ4v) is 6.19. The highest BCUT2D eigenvalue weighted by molar-refractivity contribution is 7.89. The molecule has 1 aliphatic carbocycles. The average molecular weight is 459 g/mol. The second-order valence-electron chi connectivity index (χ2n) is 8.40. The van der Waals surface area contributed by atoms with Gasteiger partial charge in [-0.1, -0.05) is 25.0 Å². The van der Waals surface area contributed by atoms with E-state index in [1.165, 1.54) is 13.2 Å². The number of nitrogens with one attached hydrogen (secondary N) is 1. The van der Waals surface area contributed by atoms with Gasteiger partial charge in [0.1, 0.15) is 16.4 Å². The Morgan fingerprint density at radius 1 is 0.969 bits per heavy atom. The van der Waals surface area contributed by atoms with Crippen LogP contribution < -0.4 is 14.2 Å². The van der Waals surface area contributed by atoms with Crippen molar-refractivity contribution in [2.24, 2.45) is 0 Å². The minimum atomic E-state index is -3.80. The van der Waals surface area contributed by atoms with Gasteiger partial charge in [0.25, 0.3) is 5.91 Å². The van der Waals surface area contributed by atoms with Crippen LogP contribution in [0.5, 0.6) is 11.5 Å². The molecule has 1 aliphatic heterocycles. The normalized spacial score (nSPS) is 19.3. The summed E-state index contributed by atoms with van der Waals surface area (Å²) in [5.41, 5.74) is 1.39. The number of sulfonamides is 1. The minimum Gasteiger partial charge on any atom is -0.497 e. The summed E-state index contributed by atoms with van der Waals surface area (Å²) in [6.45, 7) is 0.629. The third kappa shape index (κ3) is 4.61. The van der Waals surface area contributed by atoms with Gasteiger partial charge in [0, 0.05) is 18.2 Å². The molecule has 1 N–H and O–H groups in total. The molecule has 1 amide bonds. The van der Waals surface area contributed by atoms with Crippen LogP contribution in [0, 0.1) is 0 Å². The van der Waals surface area contributed by atoms with Gasteiger partial charge in [-0.25, -0.2) is 13.1 Å². The summed E-state index contributed by atoms with van der Waals surface area (Å²) in [6, 6.07) is 12.3. The van der Waals surface area contributed by atoms with Crippen LogP contribution in [0.3, 0.4) is 0 Å². The van der Waals surface area contributed by atoms with Crippen LogP contribution in [0.25, 0.3) is 0 Å². The first-order valence-corrected chi connectivity index (χ1v) is 12.6. The molecule has 2 aromatic rings. The van der Waals surface area contributed by atoms with Gasteiger partial charge >= 0.3 is 0 Å². The van der Waals surface area contributed by atoms with Gasteiger partial charge in [0.2, 0.25) is 10.0 Å². The van der Waals surface area contributed by atoms with Gasteiger partial charge in [-0.15, -0.1) is 0 Å². The van der Waals surface area contributed by atoms with Crippen molar-refractivity contribution in [1.82, 2.24) is 9.62 Å². The van der Waals surface area contributed by atoms with E-state index in [-0.39, 0.29) is 28.6 Å². The predicted molar refractivity (Wildman–Crippen MR) is 122 cm³/mol. The SMILES string of the molecule is COc1ccc(C2CCCN2C(=O)c2ccc(OC)c(S(=O)(=O)NC3CCCC3)c2)cc1. The predicted octanol–water partition coefficient (Wildman–Crippen LogP) is 3.90. The van der Waals surface area contributed by atoms with Crippen molar-refractivity contribution in [2.45, 2.75) is 55.5 Å². The van der Waals surface area contributed by atoms with E-state index in [4.69, 9.17) is 9.47 Å². The third-order valence-electron chi connectivity index (χ3n) is 6.39. The first-order valence-electron chi connectivity index (χ1n) is 11.1. The zero-order valence-corrected chi connectivity index (χ0v) is 19.4. The highest BCUT2D eigenvalue weighted by Gasteiger charge is 2.32. The number of nitrogens with zero attached hydrogens (tertiary/aromatic N) is 1. The number of ether oxygens (including phenoxy) is 2. The van der Waals surface area contributed by atoms with Crippen LogP contribution in [0.15, 0.2) is 47.4 Å². The molecule has 0 spiro atoms. The summed E-state index contributed by atoms with van der Waals surface area (Å²) >= 11 is 0. The van der Waals surface area contributed by atoms with Crippen molar-refractivity contribution in [2.75, 3.05) is 20.8 Å². The second kappa shape index (κ2) is 9.50. The number of rotatable bonds is 7. The van der Waals surface area contributed by atoms with Crippen LogP contribution in [0.2, 0.25) is 0 Å². The molecule has 2 fully saturated rings. The van der Waals surface area contributed by atoms with Crippen LogP contribution >= 0.6 is 0 Å². The van der Waals surface area contributed by atoms with Crippen LogP contribution in [0.1, 0.15) is 60.5 Å². The van der Waals surface area contributed by atoms with Crippen molar-refractivity contribution < 1.29 is 22.7 Å². The monoisotopic (exact) mass is 458 g/mol. The molecule has 0 bridgehead atoms. The van der Waals surface area contributed by atoms with Crippen LogP contribution in [0.4, 0.5) is 0 Å². The summed E-state index contributed by atoms with van der Waals surface area (Å²) in [5.74, 6) is 0.827. The standard InChI is InChI=1S/C24H30N2O5S/c1-30-20-12-9-17(10-13-20)21-8-5-15-26(21)24(27)18-11-14-22(31-2)23(16-18)32(28,29)25-19-6-3-4-7-19/h9-14,16,19,21,25H,3-8,15H2,1-2H3. The Bertz CT molecular complexity index is 1060. The zero-order valence-electron chi connectivity index (χ0n) is 18.5. The number of carbonyl (C=O) groups excluding carboxylic acids is 1. The first kappa shape index (κ1) is 22.6. The van der Waals surface area contributed by atoms with Crippen LogP contribution in [-0.2, 0) is 10.0 Å². The molecule has 7 nitrogen and oxygen atoms in total. The van der Waals surface area contributed by atoms with E-state index >= 15 is 0 Å². The lowest BCUT2D eigenvalue weighted by Crippen LogP contribution is -2.33. The van der Waals surface area contributed by atoms with E-state index in [2.05, 4.69) is 4.72 Å². The van der Waals surface area contributed by atoms with Crippen molar-refractivity contribution in [3.63, 3.8) is 0 Å². The first-order chi connectivity index (χ1) is 15.4. The summed E-state index contributed by atoms with van der Waals surface area (Å²) in [4.78, 5) is 15.3. The fraction of sp³-hybridized carbons (Fsp3) is 0.458. The maximum Gasteiger partial charge on any atom is 0.254 e. The molecule has 0 radical (unpaired) electrons. The topological polar surface area (TPSA) is 84.9 Å². The van der Waals surface area contributed by atoms with Gasteiger partial charge < -0.3 is 14.4 Å². The summed E-state index contributed by atoms with van der Waals surface area (Å²) in [7, 11) is -0.741. The Labute approximate surface area is 189 Å². The molecule has 2 aliphatic rings. The molecule has 1 heterocycles. The van der Waals surface area contributed by atoms with Crippen molar-refractivity contribution in [3.05, 3.63) is 53.6 Å². The van der Waals surface area contributed by atoms with Gasteiger partial charge in [-0.05, 0) is 61.6 Å². The summed E-state index contributed by atoms with van der Waals surface area (Å²) in [6.07, 6.45) is 5.46. The molecule has 8 heteroatoms. The van der Waals surface area contributed by atoms with Gasteiger partial charge in [-0.3, -0.25) is 4.79 Å². The molecular formula is C24H30N2O5S. The highest BCUT2D eigenvalue weighted by Crippen LogP contribution is 2.35. The maximum absolute atomic E-state index is 13.4. The summed E-state index contributed by atoms with van der Waals surface area (Å²) < 4.78 is 39.5. The number of amides is 1. The molecular weight excluding hydrogens is 428 g/mol. The van der Waals surface area contributed by atoms with Crippen molar-refractivity contribution in [1.29, 1.82) is 0 Å². The molecule has 1 saturated heterocycles. The molecule has 172 valence electrons. The number of likely N-dealkylation sites (tertiary alicyclic amines) is 1. The average Bonchev–Trinajstić information content (AvgIpc) is 3.50. The molecule has 1 unspecified atom stereocenters. The minimum absolute atomic E-state index is 0.0120. The quantitative estimate of drug-likeness (QED) is 0.680. The van der Waals surface area contributed by atoms with E-state index in [0.717, 1.165) is 49.8 Å². The lowest BCUT2D eigenvalue weighted by atomic mass is 10.0. The highest BCUT2D eigenvalue weighted by atomic mass is 32.2. The maximum atomic E-state index is 13.4. The Morgan fingerprint density at radius 3 is 2.34 bits per heavy atom. The van der Waals surface area contributed by atoms with Crippen molar-refractivity contribution >= 4 is 15.9 Å². The number of hydrogen-bond acceptors (Lipinski definition) is 5. The number of carbonyl (C=O) groups is 1. The fourth-order valence-electron chi connectivity index (χ4n) is 4.69. The van der Waals surface area contributed by atoms with E-state index in [1.54, 1.807) is 19.2 Å².